The molecule has 2 heterocycles. The fourth-order valence-corrected chi connectivity index (χ4v) is 2.12. The summed E-state index contributed by atoms with van der Waals surface area (Å²) in [5.74, 6) is 0.922. The van der Waals surface area contributed by atoms with Gasteiger partial charge in [-0.05, 0) is 20.3 Å². The highest BCUT2D eigenvalue weighted by Crippen LogP contribution is 2.26. The Hall–Kier alpha value is -1.72. The van der Waals surface area contributed by atoms with Gasteiger partial charge in [0.1, 0.15) is 0 Å². The summed E-state index contributed by atoms with van der Waals surface area (Å²) >= 11 is 0. The monoisotopic (exact) mass is 237 g/mol. The highest BCUT2D eigenvalue weighted by Gasteiger charge is 2.22. The Morgan fingerprint density at radius 3 is 3.00 bits per heavy atom. The predicted molar refractivity (Wildman–Crippen MR) is 66.9 cm³/mol. The Morgan fingerprint density at radius 2 is 2.29 bits per heavy atom. The largest absolute Gasteiger partial charge is 0.394 e. The van der Waals surface area contributed by atoms with Crippen molar-refractivity contribution in [2.24, 2.45) is 0 Å². The lowest BCUT2D eigenvalue weighted by molar-refractivity contribution is -0.119. The van der Waals surface area contributed by atoms with Crippen molar-refractivity contribution in [3.8, 4) is 0 Å². The Balaban J connectivity index is 2.34. The number of carbonyl (C=O) groups is 1. The van der Waals surface area contributed by atoms with Crippen molar-refractivity contribution in [2.45, 2.75) is 26.8 Å². The fraction of sp³-hybridized carbons (Fsp3) is 0.636. The lowest BCUT2D eigenvalue weighted by atomic mass is 10.3. The zero-order chi connectivity index (χ0) is 12.4. The summed E-state index contributed by atoms with van der Waals surface area (Å²) in [7, 11) is 0. The van der Waals surface area contributed by atoms with Crippen LogP contribution in [0.5, 0.6) is 0 Å². The molecule has 2 rings (SSSR count). The van der Waals surface area contributed by atoms with E-state index < -0.39 is 0 Å². The van der Waals surface area contributed by atoms with E-state index in [1.807, 2.05) is 23.4 Å². The Bertz CT molecular complexity index is 426. The number of nitrogens with zero attached hydrogens (tertiary/aromatic N) is 3. The van der Waals surface area contributed by atoms with E-state index in [0.717, 1.165) is 37.6 Å². The van der Waals surface area contributed by atoms with Crippen LogP contribution in [0, 0.1) is 6.92 Å². The maximum atomic E-state index is 11.6. The molecule has 0 spiro atoms. The van der Waals surface area contributed by atoms with Gasteiger partial charge in [0, 0.05) is 19.6 Å². The molecule has 0 unspecified atom stereocenters. The quantitative estimate of drug-likeness (QED) is 0.766. The minimum atomic E-state index is 0.0448. The highest BCUT2D eigenvalue weighted by molar-refractivity contribution is 5.83. The van der Waals surface area contributed by atoms with Gasteiger partial charge in [0.15, 0.2) is 5.82 Å². The van der Waals surface area contributed by atoms with Gasteiger partial charge in [-0.15, -0.1) is 0 Å². The number of hydrogen-bond donors (Lipinski definition) is 2. The third-order valence-corrected chi connectivity index (χ3v) is 3.01. The molecule has 6 nitrogen and oxygen atoms in total. The van der Waals surface area contributed by atoms with E-state index in [0.29, 0.717) is 12.2 Å². The van der Waals surface area contributed by atoms with Crippen molar-refractivity contribution in [3.63, 3.8) is 0 Å². The van der Waals surface area contributed by atoms with Gasteiger partial charge in [-0.1, -0.05) is 0 Å². The molecule has 0 atom stereocenters. The van der Waals surface area contributed by atoms with Crippen LogP contribution in [0.2, 0.25) is 0 Å². The first-order valence-corrected chi connectivity index (χ1v) is 5.98. The number of nitrogens with two attached hydrogens (primary N) is 1. The van der Waals surface area contributed by atoms with Gasteiger partial charge < -0.3 is 16.0 Å². The summed E-state index contributed by atoms with van der Waals surface area (Å²) in [5, 5.41) is 7.23. The topological polar surface area (TPSA) is 76.2 Å². The van der Waals surface area contributed by atoms with Crippen LogP contribution in [0.1, 0.15) is 19.0 Å². The number of anilines is 2. The van der Waals surface area contributed by atoms with E-state index in [2.05, 4.69) is 10.4 Å². The molecule has 1 aliphatic rings. The fourth-order valence-electron chi connectivity index (χ4n) is 2.12. The van der Waals surface area contributed by atoms with E-state index in [9.17, 15) is 4.79 Å². The summed E-state index contributed by atoms with van der Waals surface area (Å²) in [5.41, 5.74) is 7.56. The summed E-state index contributed by atoms with van der Waals surface area (Å²) in [6.45, 7) is 6.58. The normalized spacial score (nSPS) is 16.8. The second kappa shape index (κ2) is 4.65. The van der Waals surface area contributed by atoms with Crippen molar-refractivity contribution in [1.82, 2.24) is 15.1 Å². The van der Waals surface area contributed by atoms with Gasteiger partial charge in [0.2, 0.25) is 5.91 Å². The number of nitrogen functional groups attached to an aromatic ring is 1. The number of nitrogens with one attached hydrogen (secondary N) is 1. The molecule has 1 fully saturated rings. The lowest BCUT2D eigenvalue weighted by Gasteiger charge is -2.22. The average molecular weight is 237 g/mol. The molecule has 0 aliphatic carbocycles. The molecular formula is C11H19N5O. The number of rotatable bonds is 2. The van der Waals surface area contributed by atoms with Crippen LogP contribution in [0.15, 0.2) is 0 Å². The molecule has 1 saturated heterocycles. The van der Waals surface area contributed by atoms with E-state index in [1.54, 1.807) is 0 Å². The molecule has 1 aromatic rings. The summed E-state index contributed by atoms with van der Waals surface area (Å²) < 4.78 is 1.86. The Kier molecular flexibility index (Phi) is 3.21. The van der Waals surface area contributed by atoms with Crippen LogP contribution in [0.25, 0.3) is 0 Å². The van der Waals surface area contributed by atoms with Gasteiger partial charge in [0.05, 0.1) is 17.9 Å². The number of amides is 1. The molecule has 1 aromatic heterocycles. The summed E-state index contributed by atoms with van der Waals surface area (Å²) in [4.78, 5) is 13.6. The molecular weight excluding hydrogens is 218 g/mol. The van der Waals surface area contributed by atoms with Crippen LogP contribution in [-0.4, -0.2) is 35.3 Å². The first kappa shape index (κ1) is 11.8. The van der Waals surface area contributed by atoms with Crippen molar-refractivity contribution >= 4 is 17.4 Å². The standard InChI is InChI=1S/C11H19N5O/c1-3-16-11(10(12)8(2)14-16)15-6-4-5-13-9(17)7-15/h3-7,12H2,1-2H3,(H,13,17). The van der Waals surface area contributed by atoms with Crippen LogP contribution < -0.4 is 16.0 Å². The van der Waals surface area contributed by atoms with E-state index in [4.69, 9.17) is 5.73 Å². The van der Waals surface area contributed by atoms with E-state index in [-0.39, 0.29) is 5.91 Å². The van der Waals surface area contributed by atoms with Crippen LogP contribution in [-0.2, 0) is 11.3 Å². The maximum Gasteiger partial charge on any atom is 0.239 e. The van der Waals surface area contributed by atoms with Crippen LogP contribution in [0.3, 0.4) is 0 Å². The van der Waals surface area contributed by atoms with E-state index >= 15 is 0 Å². The molecule has 1 aliphatic heterocycles. The minimum absolute atomic E-state index is 0.0448. The highest BCUT2D eigenvalue weighted by atomic mass is 16.2. The zero-order valence-electron chi connectivity index (χ0n) is 10.4. The molecule has 17 heavy (non-hydrogen) atoms. The molecule has 0 radical (unpaired) electrons. The molecule has 6 heteroatoms. The minimum Gasteiger partial charge on any atom is -0.394 e. The first-order valence-electron chi connectivity index (χ1n) is 5.98. The third kappa shape index (κ3) is 2.20. The average Bonchev–Trinajstić information content (AvgIpc) is 2.49. The molecule has 3 N–H and O–H groups in total. The number of carbonyl (C=O) groups excluding carboxylic acids is 1. The second-order valence-corrected chi connectivity index (χ2v) is 4.26. The van der Waals surface area contributed by atoms with Gasteiger partial charge in [-0.25, -0.2) is 4.68 Å². The van der Waals surface area contributed by atoms with Crippen molar-refractivity contribution in [2.75, 3.05) is 30.3 Å². The molecule has 1 amide bonds. The van der Waals surface area contributed by atoms with Crippen molar-refractivity contribution < 1.29 is 4.79 Å². The van der Waals surface area contributed by atoms with Gasteiger partial charge in [-0.2, -0.15) is 5.10 Å². The zero-order valence-corrected chi connectivity index (χ0v) is 10.4. The van der Waals surface area contributed by atoms with Gasteiger partial charge in [0.25, 0.3) is 0 Å². The molecule has 0 aromatic carbocycles. The van der Waals surface area contributed by atoms with Gasteiger partial charge >= 0.3 is 0 Å². The van der Waals surface area contributed by atoms with E-state index in [1.165, 1.54) is 0 Å². The number of hydrogen-bond acceptors (Lipinski definition) is 4. The van der Waals surface area contributed by atoms with Gasteiger partial charge in [-0.3, -0.25) is 4.79 Å². The number of aryl methyl sites for hydroxylation is 2. The molecule has 94 valence electrons. The second-order valence-electron chi connectivity index (χ2n) is 4.26. The Morgan fingerprint density at radius 1 is 1.53 bits per heavy atom. The first-order chi connectivity index (χ1) is 8.13. The predicted octanol–water partition coefficient (Wildman–Crippen LogP) is 0.120. The Labute approximate surface area is 101 Å². The third-order valence-electron chi connectivity index (χ3n) is 3.01. The SMILES string of the molecule is CCn1nc(C)c(N)c1N1CCCNC(=O)C1. The molecule has 0 saturated carbocycles. The van der Waals surface area contributed by atoms with Crippen molar-refractivity contribution in [3.05, 3.63) is 5.69 Å². The van der Waals surface area contributed by atoms with Crippen molar-refractivity contribution in [1.29, 1.82) is 0 Å². The maximum absolute atomic E-state index is 11.6. The van der Waals surface area contributed by atoms with Crippen LogP contribution >= 0.6 is 0 Å². The lowest BCUT2D eigenvalue weighted by Crippen LogP contribution is -2.34. The number of aromatic nitrogens is 2. The van der Waals surface area contributed by atoms with Crippen LogP contribution in [0.4, 0.5) is 11.5 Å². The molecule has 0 bridgehead atoms. The smallest absolute Gasteiger partial charge is 0.239 e. The summed E-state index contributed by atoms with van der Waals surface area (Å²) in [6, 6.07) is 0. The summed E-state index contributed by atoms with van der Waals surface area (Å²) in [6.07, 6.45) is 0.930.